The number of rotatable bonds is 4. The Morgan fingerprint density at radius 2 is 2.20 bits per heavy atom. The van der Waals surface area contributed by atoms with Crippen molar-refractivity contribution in [3.63, 3.8) is 0 Å². The fourth-order valence-electron chi connectivity index (χ4n) is 4.03. The average Bonchev–Trinajstić information content (AvgIpc) is 3.02. The SMILES string of the molecule is C=CC(=O)OC1C2CC3C1OC(=O)C3C2CC(=O)OC. The maximum Gasteiger partial charge on any atom is 0.330 e. The van der Waals surface area contributed by atoms with Crippen LogP contribution in [-0.2, 0) is 28.6 Å². The third-order valence-electron chi connectivity index (χ3n) is 4.76. The summed E-state index contributed by atoms with van der Waals surface area (Å²) >= 11 is 0. The fraction of sp³-hybridized carbons (Fsp3) is 0.643. The highest BCUT2D eigenvalue weighted by atomic mass is 16.6. The van der Waals surface area contributed by atoms with Gasteiger partial charge in [-0.05, 0) is 12.3 Å². The molecule has 3 fully saturated rings. The molecule has 20 heavy (non-hydrogen) atoms. The predicted octanol–water partition coefficient (Wildman–Crippen LogP) is 0.455. The van der Waals surface area contributed by atoms with Crippen molar-refractivity contribution < 1.29 is 28.6 Å². The average molecular weight is 280 g/mol. The molecule has 0 aromatic heterocycles. The van der Waals surface area contributed by atoms with E-state index in [0.29, 0.717) is 0 Å². The van der Waals surface area contributed by atoms with Crippen LogP contribution >= 0.6 is 0 Å². The van der Waals surface area contributed by atoms with Gasteiger partial charge in [-0.2, -0.15) is 0 Å². The molecule has 0 N–H and O–H groups in total. The van der Waals surface area contributed by atoms with Crippen LogP contribution in [0.4, 0.5) is 0 Å². The second-order valence-electron chi connectivity index (χ2n) is 5.54. The normalized spacial score (nSPS) is 40.4. The lowest BCUT2D eigenvalue weighted by Crippen LogP contribution is -2.41. The maximum atomic E-state index is 11.9. The number of hydrogen-bond donors (Lipinski definition) is 0. The Balaban J connectivity index is 1.83. The molecule has 0 radical (unpaired) electrons. The van der Waals surface area contributed by atoms with Crippen molar-refractivity contribution in [1.29, 1.82) is 0 Å². The molecular weight excluding hydrogens is 264 g/mol. The Hall–Kier alpha value is -1.85. The van der Waals surface area contributed by atoms with E-state index in [9.17, 15) is 14.4 Å². The first-order valence-electron chi connectivity index (χ1n) is 6.67. The van der Waals surface area contributed by atoms with Crippen LogP contribution in [-0.4, -0.2) is 37.2 Å². The summed E-state index contributed by atoms with van der Waals surface area (Å²) in [5.41, 5.74) is 0. The van der Waals surface area contributed by atoms with Crippen LogP contribution in [0.25, 0.3) is 0 Å². The first kappa shape index (κ1) is 13.1. The highest BCUT2D eigenvalue weighted by Crippen LogP contribution is 2.59. The third kappa shape index (κ3) is 1.74. The van der Waals surface area contributed by atoms with Gasteiger partial charge < -0.3 is 14.2 Å². The quantitative estimate of drug-likeness (QED) is 0.423. The van der Waals surface area contributed by atoms with E-state index in [1.165, 1.54) is 7.11 Å². The molecule has 3 rings (SSSR count). The number of ether oxygens (including phenoxy) is 3. The number of carbonyl (C=O) groups excluding carboxylic acids is 3. The lowest BCUT2D eigenvalue weighted by molar-refractivity contribution is -0.158. The highest BCUT2D eigenvalue weighted by molar-refractivity contribution is 5.82. The summed E-state index contributed by atoms with van der Waals surface area (Å²) in [5, 5.41) is 0. The molecule has 2 bridgehead atoms. The van der Waals surface area contributed by atoms with Crippen LogP contribution in [0.3, 0.4) is 0 Å². The van der Waals surface area contributed by atoms with Crippen molar-refractivity contribution in [1.82, 2.24) is 0 Å². The summed E-state index contributed by atoms with van der Waals surface area (Å²) in [7, 11) is 1.32. The van der Waals surface area contributed by atoms with Crippen molar-refractivity contribution >= 4 is 17.9 Å². The maximum absolute atomic E-state index is 11.9. The number of methoxy groups -OCH3 is 1. The van der Waals surface area contributed by atoms with E-state index in [1.54, 1.807) is 0 Å². The predicted molar refractivity (Wildman–Crippen MR) is 65.2 cm³/mol. The van der Waals surface area contributed by atoms with Crippen molar-refractivity contribution in [2.75, 3.05) is 7.11 Å². The van der Waals surface area contributed by atoms with Crippen molar-refractivity contribution in [3.8, 4) is 0 Å². The van der Waals surface area contributed by atoms with Gasteiger partial charge in [0.15, 0.2) is 0 Å². The van der Waals surface area contributed by atoms with Crippen LogP contribution < -0.4 is 0 Å². The molecule has 3 aliphatic rings. The third-order valence-corrected chi connectivity index (χ3v) is 4.76. The molecule has 108 valence electrons. The number of hydrogen-bond acceptors (Lipinski definition) is 6. The van der Waals surface area contributed by atoms with E-state index in [-0.39, 0.29) is 48.1 Å². The van der Waals surface area contributed by atoms with E-state index < -0.39 is 12.1 Å². The van der Waals surface area contributed by atoms with Crippen LogP contribution in [0.2, 0.25) is 0 Å². The van der Waals surface area contributed by atoms with Gasteiger partial charge in [0.05, 0.1) is 13.0 Å². The minimum atomic E-state index is -0.529. The topological polar surface area (TPSA) is 78.9 Å². The molecule has 1 aliphatic heterocycles. The zero-order chi connectivity index (χ0) is 14.4. The molecule has 2 aliphatic carbocycles. The summed E-state index contributed by atoms with van der Waals surface area (Å²) in [5.74, 6) is -1.57. The van der Waals surface area contributed by atoms with E-state index in [0.717, 1.165) is 12.5 Å². The van der Waals surface area contributed by atoms with Crippen LogP contribution in [0.5, 0.6) is 0 Å². The molecule has 0 spiro atoms. The van der Waals surface area contributed by atoms with Crippen molar-refractivity contribution in [2.24, 2.45) is 23.7 Å². The Morgan fingerprint density at radius 1 is 1.45 bits per heavy atom. The molecule has 1 saturated heterocycles. The second kappa shape index (κ2) is 4.61. The Morgan fingerprint density at radius 3 is 2.85 bits per heavy atom. The van der Waals surface area contributed by atoms with E-state index in [1.807, 2.05) is 0 Å². The van der Waals surface area contributed by atoms with Crippen molar-refractivity contribution in [3.05, 3.63) is 12.7 Å². The Kier molecular flexibility index (Phi) is 3.03. The van der Waals surface area contributed by atoms with Gasteiger partial charge in [0.1, 0.15) is 12.2 Å². The monoisotopic (exact) mass is 280 g/mol. The first-order valence-corrected chi connectivity index (χ1v) is 6.67. The molecule has 2 saturated carbocycles. The van der Waals surface area contributed by atoms with Crippen LogP contribution in [0.1, 0.15) is 12.8 Å². The van der Waals surface area contributed by atoms with Gasteiger partial charge in [-0.15, -0.1) is 0 Å². The van der Waals surface area contributed by atoms with Gasteiger partial charge in [0.2, 0.25) is 0 Å². The summed E-state index contributed by atoms with van der Waals surface area (Å²) in [6.07, 6.45) is 1.16. The number of carbonyl (C=O) groups is 3. The van der Waals surface area contributed by atoms with E-state index >= 15 is 0 Å². The molecule has 6 heteroatoms. The molecule has 6 atom stereocenters. The van der Waals surface area contributed by atoms with E-state index in [4.69, 9.17) is 9.47 Å². The highest BCUT2D eigenvalue weighted by Gasteiger charge is 2.68. The van der Waals surface area contributed by atoms with Gasteiger partial charge in [0.25, 0.3) is 0 Å². The van der Waals surface area contributed by atoms with Gasteiger partial charge >= 0.3 is 17.9 Å². The van der Waals surface area contributed by atoms with Gasteiger partial charge in [-0.3, -0.25) is 9.59 Å². The summed E-state index contributed by atoms with van der Waals surface area (Å²) in [6, 6.07) is 0. The van der Waals surface area contributed by atoms with Crippen molar-refractivity contribution in [2.45, 2.75) is 25.0 Å². The van der Waals surface area contributed by atoms with Gasteiger partial charge in [-0.1, -0.05) is 6.58 Å². The fourth-order valence-corrected chi connectivity index (χ4v) is 4.03. The van der Waals surface area contributed by atoms with Crippen LogP contribution in [0, 0.1) is 23.7 Å². The van der Waals surface area contributed by atoms with Gasteiger partial charge in [0, 0.05) is 24.3 Å². The Labute approximate surface area is 116 Å². The lowest BCUT2D eigenvalue weighted by Gasteiger charge is -2.30. The number of esters is 3. The van der Waals surface area contributed by atoms with Gasteiger partial charge in [-0.25, -0.2) is 4.79 Å². The molecule has 1 heterocycles. The van der Waals surface area contributed by atoms with Crippen LogP contribution in [0.15, 0.2) is 12.7 Å². The molecule has 0 amide bonds. The zero-order valence-electron chi connectivity index (χ0n) is 11.1. The van der Waals surface area contributed by atoms with E-state index in [2.05, 4.69) is 11.3 Å². The summed E-state index contributed by atoms with van der Waals surface area (Å²) in [4.78, 5) is 34.9. The molecule has 6 nitrogen and oxygen atoms in total. The molecule has 6 unspecified atom stereocenters. The minimum Gasteiger partial charge on any atom is -0.469 e. The molecular formula is C14H16O6. The second-order valence-corrected chi connectivity index (χ2v) is 5.54. The zero-order valence-corrected chi connectivity index (χ0v) is 11.1. The molecule has 0 aromatic rings. The lowest BCUT2D eigenvalue weighted by atomic mass is 9.77. The Bertz CT molecular complexity index is 484. The summed E-state index contributed by atoms with van der Waals surface area (Å²) in [6.45, 7) is 3.37. The minimum absolute atomic E-state index is 0.0237. The number of fused-ring (bicyclic) bond motifs is 1. The summed E-state index contributed by atoms with van der Waals surface area (Å²) < 4.78 is 15.4. The smallest absolute Gasteiger partial charge is 0.330 e. The molecule has 0 aromatic carbocycles. The largest absolute Gasteiger partial charge is 0.469 e. The standard InChI is InChI=1S/C14H16O6/c1-3-9(15)19-12-7-4-8-11(14(17)20-13(8)12)6(7)5-10(16)18-2/h3,6-8,11-13H,1,4-5H2,2H3. The first-order chi connectivity index (χ1) is 9.56.